The normalized spacial score (nSPS) is 19.2. The molecule has 2 heterocycles. The number of thiazole rings is 1. The van der Waals surface area contributed by atoms with Gasteiger partial charge in [0.05, 0.1) is 0 Å². The number of oxime groups is 1. The number of nitrogens with two attached hydrogens (primary N) is 1. The fraction of sp³-hybridized carbons (Fsp3) is 0.200. The molecule has 14 heteroatoms. The van der Waals surface area contributed by atoms with Gasteiger partial charge in [-0.2, -0.15) is 0 Å². The van der Waals surface area contributed by atoms with Crippen LogP contribution >= 0.6 is 11.3 Å². The molecule has 1 saturated heterocycles. The van der Waals surface area contributed by atoms with Gasteiger partial charge in [0.1, 0.15) is 24.9 Å². The van der Waals surface area contributed by atoms with Crippen LogP contribution < -0.4 is 62.4 Å². The number of carbonyl (C=O) groups excluding carboxylic acids is 2. The number of hydrogen-bond donors (Lipinski definition) is 2. The molecule has 0 saturated carbocycles. The average molecular weight is 464 g/mol. The van der Waals surface area contributed by atoms with Crippen molar-refractivity contribution in [2.45, 2.75) is 12.1 Å². The summed E-state index contributed by atoms with van der Waals surface area (Å²) in [5.74, 6) is -1.89. The SMILES string of the molecule is CO/N=C(\C(=O)N[C@@H]1C(=O)N(S(=O)(=O)[O-])[C@@H]1c1ccccc1)c1csc(N)n1.[K+]. The number of amides is 2. The standard InChI is InChI=1S/C15H15N5O6S2.K/c1-26-19-10(9-7-27-15(16)17-9)13(21)18-11-12(8-5-3-2-4-6-8)20(14(11)22)28(23,24)25;/h2-7,11-12H,1H3,(H2,16,17)(H,18,21)(H,23,24,25);/q;+1/p-1/b19-10-;/t11-,12+;/m0./s1. The molecule has 1 aliphatic heterocycles. The van der Waals surface area contributed by atoms with Crippen molar-refractivity contribution < 1.29 is 78.8 Å². The maximum absolute atomic E-state index is 12.6. The predicted molar refractivity (Wildman–Crippen MR) is 97.7 cm³/mol. The van der Waals surface area contributed by atoms with Crippen molar-refractivity contribution in [1.29, 1.82) is 0 Å². The summed E-state index contributed by atoms with van der Waals surface area (Å²) >= 11 is 1.07. The maximum Gasteiger partial charge on any atom is 1.00 e. The molecule has 29 heavy (non-hydrogen) atoms. The van der Waals surface area contributed by atoms with Crippen molar-refractivity contribution in [3.05, 3.63) is 47.0 Å². The van der Waals surface area contributed by atoms with Crippen molar-refractivity contribution in [2.75, 3.05) is 12.8 Å². The van der Waals surface area contributed by atoms with Crippen LogP contribution in [0.3, 0.4) is 0 Å². The van der Waals surface area contributed by atoms with E-state index in [-0.39, 0.29) is 72.2 Å². The van der Waals surface area contributed by atoms with E-state index in [1.807, 2.05) is 0 Å². The Morgan fingerprint density at radius 1 is 1.38 bits per heavy atom. The minimum Gasteiger partial charge on any atom is -0.731 e. The van der Waals surface area contributed by atoms with E-state index in [4.69, 9.17) is 5.73 Å². The van der Waals surface area contributed by atoms with Gasteiger partial charge in [0.2, 0.25) is 0 Å². The van der Waals surface area contributed by atoms with E-state index in [9.17, 15) is 22.6 Å². The molecule has 0 unspecified atom stereocenters. The number of benzene rings is 1. The number of nitrogens with one attached hydrogen (secondary N) is 1. The van der Waals surface area contributed by atoms with Crippen LogP contribution in [0.2, 0.25) is 0 Å². The molecule has 11 nitrogen and oxygen atoms in total. The van der Waals surface area contributed by atoms with E-state index >= 15 is 0 Å². The first-order valence-corrected chi connectivity index (χ1v) is 9.96. The number of aromatic nitrogens is 1. The van der Waals surface area contributed by atoms with Crippen LogP contribution in [0, 0.1) is 0 Å². The largest absolute Gasteiger partial charge is 1.00 e. The van der Waals surface area contributed by atoms with Gasteiger partial charge in [-0.25, -0.2) is 17.7 Å². The quantitative estimate of drug-likeness (QED) is 0.147. The van der Waals surface area contributed by atoms with Gasteiger partial charge in [-0.1, -0.05) is 35.5 Å². The van der Waals surface area contributed by atoms with Crippen LogP contribution in [0.15, 0.2) is 40.9 Å². The molecule has 2 amide bonds. The van der Waals surface area contributed by atoms with Gasteiger partial charge < -0.3 is 20.4 Å². The van der Waals surface area contributed by atoms with Crippen molar-refractivity contribution >= 4 is 44.3 Å². The first-order valence-electron chi connectivity index (χ1n) is 7.71. The first kappa shape index (κ1) is 23.9. The zero-order valence-corrected chi connectivity index (χ0v) is 20.1. The molecule has 1 aromatic carbocycles. The molecule has 0 aliphatic carbocycles. The summed E-state index contributed by atoms with van der Waals surface area (Å²) in [4.78, 5) is 33.5. The van der Waals surface area contributed by atoms with E-state index in [1.165, 1.54) is 12.5 Å². The smallest absolute Gasteiger partial charge is 0.731 e. The second-order valence-electron chi connectivity index (χ2n) is 5.59. The zero-order valence-electron chi connectivity index (χ0n) is 15.3. The summed E-state index contributed by atoms with van der Waals surface area (Å²) in [7, 11) is -3.84. The Bertz CT molecular complexity index is 1040. The van der Waals surface area contributed by atoms with Crippen molar-refractivity contribution in [1.82, 2.24) is 14.6 Å². The molecule has 148 valence electrons. The summed E-state index contributed by atoms with van der Waals surface area (Å²) in [5, 5.41) is 7.65. The van der Waals surface area contributed by atoms with Crippen LogP contribution in [-0.2, 0) is 24.7 Å². The number of anilines is 1. The van der Waals surface area contributed by atoms with Crippen LogP contribution in [0.4, 0.5) is 5.13 Å². The molecule has 3 N–H and O–H groups in total. The molecule has 0 spiro atoms. The second kappa shape index (κ2) is 9.61. The number of nitrogen functional groups attached to an aromatic ring is 1. The maximum atomic E-state index is 12.6. The fourth-order valence-corrected chi connectivity index (χ4v) is 4.14. The van der Waals surface area contributed by atoms with Crippen LogP contribution in [0.25, 0.3) is 0 Å². The summed E-state index contributed by atoms with van der Waals surface area (Å²) in [6, 6.07) is 5.54. The molecule has 1 fully saturated rings. The summed E-state index contributed by atoms with van der Waals surface area (Å²) in [5.41, 5.74) is 5.80. The van der Waals surface area contributed by atoms with Gasteiger partial charge in [-0.15, -0.1) is 11.3 Å². The third-order valence-corrected chi connectivity index (χ3v) is 5.45. The van der Waals surface area contributed by atoms with E-state index in [1.54, 1.807) is 30.3 Å². The van der Waals surface area contributed by atoms with Crippen molar-refractivity contribution in [3.8, 4) is 0 Å². The van der Waals surface area contributed by atoms with Gasteiger partial charge in [-0.05, 0) is 5.56 Å². The Morgan fingerprint density at radius 3 is 2.55 bits per heavy atom. The average Bonchev–Trinajstić information content (AvgIpc) is 3.07. The first-order chi connectivity index (χ1) is 13.2. The molecule has 1 aliphatic rings. The third-order valence-electron chi connectivity index (χ3n) is 3.88. The summed E-state index contributed by atoms with van der Waals surface area (Å²) < 4.78 is 34.6. The number of β-lactam (4-membered cyclic amide) rings is 1. The molecule has 2 aromatic rings. The molecule has 3 rings (SSSR count). The van der Waals surface area contributed by atoms with Crippen LogP contribution in [0.1, 0.15) is 17.3 Å². The Kier molecular flexibility index (Phi) is 7.91. The molecule has 2 atom stereocenters. The Labute approximate surface area is 212 Å². The Morgan fingerprint density at radius 2 is 2.03 bits per heavy atom. The number of hydrogen-bond acceptors (Lipinski definition) is 10. The topological polar surface area (TPSA) is 167 Å². The van der Waals surface area contributed by atoms with E-state index in [2.05, 4.69) is 20.3 Å². The zero-order chi connectivity index (χ0) is 20.5. The number of rotatable bonds is 6. The van der Waals surface area contributed by atoms with E-state index in [0.717, 1.165) is 11.3 Å². The third kappa shape index (κ3) is 5.03. The van der Waals surface area contributed by atoms with Gasteiger partial charge in [-0.3, -0.25) is 9.59 Å². The van der Waals surface area contributed by atoms with Gasteiger partial charge in [0, 0.05) is 5.38 Å². The molecular weight excluding hydrogens is 449 g/mol. The van der Waals surface area contributed by atoms with Gasteiger partial charge in [0.25, 0.3) is 11.8 Å². The van der Waals surface area contributed by atoms with Crippen LogP contribution in [0.5, 0.6) is 0 Å². The Hall–Kier alpha value is -1.39. The molecule has 0 bridgehead atoms. The van der Waals surface area contributed by atoms with E-state index in [0.29, 0.717) is 5.56 Å². The van der Waals surface area contributed by atoms with Crippen molar-refractivity contribution in [2.24, 2.45) is 5.16 Å². The predicted octanol–water partition coefficient (Wildman–Crippen LogP) is -3.39. The molecular formula is C15H14KN5O6S2. The second-order valence-corrected chi connectivity index (χ2v) is 7.73. The van der Waals surface area contributed by atoms with Crippen LogP contribution in [-0.4, -0.2) is 52.9 Å². The minimum absolute atomic E-state index is 0. The number of carbonyl (C=O) groups is 2. The summed E-state index contributed by atoms with van der Waals surface area (Å²) in [6.07, 6.45) is 0. The summed E-state index contributed by atoms with van der Waals surface area (Å²) in [6.45, 7) is 0. The fourth-order valence-electron chi connectivity index (χ4n) is 2.73. The number of nitrogens with zero attached hydrogens (tertiary/aromatic N) is 3. The van der Waals surface area contributed by atoms with Gasteiger partial charge in [0.15, 0.2) is 21.1 Å². The van der Waals surface area contributed by atoms with Crippen molar-refractivity contribution in [3.63, 3.8) is 0 Å². The molecule has 0 radical (unpaired) electrons. The van der Waals surface area contributed by atoms with E-state index < -0.39 is 34.2 Å². The Balaban J connectivity index is 0.00000300. The molecule has 1 aromatic heterocycles. The van der Waals surface area contributed by atoms with Gasteiger partial charge >= 0.3 is 51.4 Å². The monoisotopic (exact) mass is 463 g/mol. The minimum atomic E-state index is -5.06.